The largest absolute Gasteiger partial charge is 0.370 e. The Kier molecular flexibility index (Phi) is 6.40. The molecule has 0 radical (unpaired) electrons. The lowest BCUT2D eigenvalue weighted by Gasteiger charge is -2.16. The van der Waals surface area contributed by atoms with Crippen LogP contribution in [0.2, 0.25) is 0 Å². The molecule has 0 aliphatic carbocycles. The van der Waals surface area contributed by atoms with Crippen molar-refractivity contribution in [2.75, 3.05) is 0 Å². The van der Waals surface area contributed by atoms with Gasteiger partial charge in [0.15, 0.2) is 29.4 Å². The third-order valence-corrected chi connectivity index (χ3v) is 3.25. The predicted octanol–water partition coefficient (Wildman–Crippen LogP) is 4.64. The molecule has 0 fully saturated rings. The zero-order chi connectivity index (χ0) is 15.4. The summed E-state index contributed by atoms with van der Waals surface area (Å²) < 4.78 is 78.3. The smallest absolute Gasteiger partial charge is 0.289 e. The molecule has 3 nitrogen and oxygen atoms in total. The quantitative estimate of drug-likeness (QED) is 0.253. The molecule has 0 N–H and O–H groups in total. The van der Waals surface area contributed by atoms with E-state index in [9.17, 15) is 22.0 Å². The number of hydrogen-bond donors (Lipinski definition) is 0. The van der Waals surface area contributed by atoms with Crippen LogP contribution >= 0.6 is 32.3 Å². The van der Waals surface area contributed by atoms with Gasteiger partial charge in [-0.2, -0.15) is 8.15 Å². The lowest BCUT2D eigenvalue weighted by Crippen LogP contribution is -2.12. The first-order valence-electron chi connectivity index (χ1n) is 4.40. The van der Waals surface area contributed by atoms with Gasteiger partial charge in [0.25, 0.3) is 0 Å². The lowest BCUT2D eigenvalue weighted by atomic mass is 10.1. The summed E-state index contributed by atoms with van der Waals surface area (Å²) in [5.41, 5.74) is -1.39. The Morgan fingerprint density at radius 2 is 1.30 bits per heavy atom. The van der Waals surface area contributed by atoms with Crippen LogP contribution in [0.15, 0.2) is 0 Å². The molecule has 20 heavy (non-hydrogen) atoms. The molecule has 0 saturated carbocycles. The van der Waals surface area contributed by atoms with Crippen molar-refractivity contribution >= 4 is 32.3 Å². The Hall–Kier alpha value is -0.680. The van der Waals surface area contributed by atoms with E-state index in [2.05, 4.69) is 12.7 Å². The molecule has 0 heterocycles. The fraction of sp³-hybridized carbons (Fsp3) is 0.111. The molecule has 0 aromatic heterocycles. The molecule has 1 aromatic rings. The van der Waals surface area contributed by atoms with Crippen molar-refractivity contribution in [3.05, 3.63) is 34.6 Å². The maximum absolute atomic E-state index is 13.5. The van der Waals surface area contributed by atoms with Gasteiger partial charge in [0.2, 0.25) is 5.82 Å². The second kappa shape index (κ2) is 7.36. The second-order valence-corrected chi connectivity index (χ2v) is 4.76. The van der Waals surface area contributed by atoms with Crippen LogP contribution in [-0.4, -0.2) is 0 Å². The van der Waals surface area contributed by atoms with Gasteiger partial charge in [-0.25, -0.2) is 22.0 Å². The maximum atomic E-state index is 13.5. The summed E-state index contributed by atoms with van der Waals surface area (Å²) in [6.45, 7) is 0. The monoisotopic (exact) mass is 354 g/mol. The standard InChI is InChI=1S/C9H2Cl2F5O3P/c1-2-3(17-20(18-10)19-11)4-5(12)7(14)9(16)8(15)6(4)13/h1,3H. The molecule has 1 unspecified atom stereocenters. The van der Waals surface area contributed by atoms with E-state index in [0.717, 1.165) is 0 Å². The highest BCUT2D eigenvalue weighted by Crippen LogP contribution is 2.47. The third kappa shape index (κ3) is 3.31. The van der Waals surface area contributed by atoms with Crippen LogP contribution in [0.3, 0.4) is 0 Å². The first-order chi connectivity index (χ1) is 9.38. The maximum Gasteiger partial charge on any atom is 0.370 e. The van der Waals surface area contributed by atoms with Gasteiger partial charge in [0.1, 0.15) is 0 Å². The van der Waals surface area contributed by atoms with Crippen molar-refractivity contribution in [2.45, 2.75) is 6.10 Å². The summed E-state index contributed by atoms with van der Waals surface area (Å²) in [5.74, 6) is -9.33. The van der Waals surface area contributed by atoms with E-state index in [0.29, 0.717) is 0 Å². The van der Waals surface area contributed by atoms with Crippen LogP contribution in [0.5, 0.6) is 0 Å². The summed E-state index contributed by atoms with van der Waals surface area (Å²) in [4.78, 5) is 0. The minimum absolute atomic E-state index is 1.39. The molecule has 0 bridgehead atoms. The van der Waals surface area contributed by atoms with Crippen molar-refractivity contribution in [1.29, 1.82) is 0 Å². The molecule has 0 aliphatic heterocycles. The summed E-state index contributed by atoms with van der Waals surface area (Å²) >= 11 is 9.71. The highest BCUT2D eigenvalue weighted by Gasteiger charge is 2.32. The van der Waals surface area contributed by atoms with Crippen molar-refractivity contribution < 1.29 is 34.6 Å². The molecule has 0 aliphatic rings. The third-order valence-electron chi connectivity index (χ3n) is 1.96. The molecule has 1 aromatic carbocycles. The predicted molar refractivity (Wildman–Crippen MR) is 59.7 cm³/mol. The first kappa shape index (κ1) is 17.4. The zero-order valence-electron chi connectivity index (χ0n) is 8.97. The number of hydrogen-bond acceptors (Lipinski definition) is 3. The van der Waals surface area contributed by atoms with Gasteiger partial charge in [-0.1, -0.05) is 5.92 Å². The van der Waals surface area contributed by atoms with Gasteiger partial charge in [-0.15, -0.1) is 6.42 Å². The Morgan fingerprint density at radius 1 is 0.900 bits per heavy atom. The molecular formula is C9H2Cl2F5O3P. The second-order valence-electron chi connectivity index (χ2n) is 3.00. The van der Waals surface area contributed by atoms with Crippen LogP contribution in [-0.2, 0) is 12.7 Å². The van der Waals surface area contributed by atoms with E-state index in [1.807, 2.05) is 0 Å². The SMILES string of the molecule is C#CC(OP(OCl)OCl)c1c(F)c(F)c(F)c(F)c1F. The van der Waals surface area contributed by atoms with Crippen molar-refractivity contribution in [3.8, 4) is 12.3 Å². The molecule has 1 rings (SSSR count). The van der Waals surface area contributed by atoms with E-state index in [4.69, 9.17) is 30.2 Å². The van der Waals surface area contributed by atoms with E-state index < -0.39 is 49.4 Å². The molecule has 11 heteroatoms. The number of terminal acetylenes is 1. The van der Waals surface area contributed by atoms with Crippen molar-refractivity contribution in [1.82, 2.24) is 0 Å². The molecule has 110 valence electrons. The summed E-state index contributed by atoms with van der Waals surface area (Å²) in [5, 5.41) is 0. The summed E-state index contributed by atoms with van der Waals surface area (Å²) in [6, 6.07) is 0. The van der Waals surface area contributed by atoms with E-state index in [1.165, 1.54) is 0 Å². The highest BCUT2D eigenvalue weighted by molar-refractivity contribution is 7.43. The van der Waals surface area contributed by atoms with Gasteiger partial charge in [0.05, 0.1) is 29.3 Å². The first-order valence-corrected chi connectivity index (χ1v) is 6.12. The average molecular weight is 355 g/mol. The minimum atomic E-state index is -2.56. The molecule has 0 saturated heterocycles. The highest BCUT2D eigenvalue weighted by atomic mass is 35.5. The number of rotatable bonds is 5. The normalized spacial score (nSPS) is 12.6. The number of halogens is 7. The number of benzene rings is 1. The Morgan fingerprint density at radius 3 is 1.65 bits per heavy atom. The summed E-state index contributed by atoms with van der Waals surface area (Å²) in [6.07, 6.45) is 2.88. The lowest BCUT2D eigenvalue weighted by molar-refractivity contribution is 0.219. The fourth-order valence-corrected chi connectivity index (χ4v) is 2.02. The molecule has 1 atom stereocenters. The van der Waals surface area contributed by atoms with Gasteiger partial charge in [-0.3, -0.25) is 4.52 Å². The van der Waals surface area contributed by atoms with Gasteiger partial charge in [0, 0.05) is 0 Å². The Labute approximate surface area is 120 Å². The summed E-state index contributed by atoms with van der Waals surface area (Å²) in [7, 11) is -2.56. The van der Waals surface area contributed by atoms with Crippen molar-refractivity contribution in [3.63, 3.8) is 0 Å². The Balaban J connectivity index is 3.34. The fourth-order valence-electron chi connectivity index (χ4n) is 1.15. The van der Waals surface area contributed by atoms with Crippen LogP contribution < -0.4 is 0 Å². The van der Waals surface area contributed by atoms with Crippen LogP contribution in [0.4, 0.5) is 22.0 Å². The zero-order valence-corrected chi connectivity index (χ0v) is 11.4. The van der Waals surface area contributed by atoms with Crippen LogP contribution in [0.25, 0.3) is 0 Å². The van der Waals surface area contributed by atoms with E-state index in [-0.39, 0.29) is 0 Å². The Bertz CT molecular complexity index is 520. The average Bonchev–Trinajstić information content (AvgIpc) is 2.46. The molecule has 0 spiro atoms. The van der Waals surface area contributed by atoms with E-state index in [1.54, 1.807) is 5.92 Å². The van der Waals surface area contributed by atoms with E-state index >= 15 is 0 Å². The van der Waals surface area contributed by atoms with Crippen LogP contribution in [0.1, 0.15) is 11.7 Å². The van der Waals surface area contributed by atoms with Crippen LogP contribution in [0, 0.1) is 41.4 Å². The van der Waals surface area contributed by atoms with Crippen molar-refractivity contribution in [2.24, 2.45) is 0 Å². The molecular weight excluding hydrogens is 353 g/mol. The molecule has 0 amide bonds. The van der Waals surface area contributed by atoms with Gasteiger partial charge < -0.3 is 0 Å². The van der Waals surface area contributed by atoms with Gasteiger partial charge >= 0.3 is 8.60 Å². The van der Waals surface area contributed by atoms with Gasteiger partial charge in [-0.05, 0) is 0 Å². The topological polar surface area (TPSA) is 27.7 Å². The minimum Gasteiger partial charge on any atom is -0.289 e.